The Morgan fingerprint density at radius 1 is 1.24 bits per heavy atom. The molecule has 0 aliphatic carbocycles. The number of rotatable bonds is 5. The quantitative estimate of drug-likeness (QED) is 0.909. The molecule has 0 atom stereocenters. The van der Waals surface area contributed by atoms with Gasteiger partial charge in [-0.25, -0.2) is 0 Å². The normalized spacial score (nSPS) is 16.0. The second-order valence-electron chi connectivity index (χ2n) is 5.51. The number of carbonyl (C=O) groups is 2. The number of aliphatic carboxylic acids is 1. The lowest BCUT2D eigenvalue weighted by molar-refractivity contribution is -0.138. The monoisotopic (exact) mass is 309 g/mol. The average Bonchev–Trinajstić information content (AvgIpc) is 2.46. The van der Waals surface area contributed by atoms with Gasteiger partial charge in [-0.2, -0.15) is 0 Å². The van der Waals surface area contributed by atoms with Gasteiger partial charge in [-0.05, 0) is 36.8 Å². The minimum absolute atomic E-state index is 0.128. The molecule has 1 saturated heterocycles. The van der Waals surface area contributed by atoms with Crippen LogP contribution in [0, 0.1) is 5.92 Å². The van der Waals surface area contributed by atoms with Crippen molar-refractivity contribution in [2.75, 3.05) is 13.1 Å². The van der Waals surface area contributed by atoms with Gasteiger partial charge in [0.25, 0.3) is 0 Å². The van der Waals surface area contributed by atoms with Crippen LogP contribution in [0.3, 0.4) is 0 Å². The summed E-state index contributed by atoms with van der Waals surface area (Å²) in [5, 5.41) is 9.48. The third kappa shape index (κ3) is 4.74. The minimum Gasteiger partial charge on any atom is -0.481 e. The van der Waals surface area contributed by atoms with Crippen LogP contribution in [-0.2, 0) is 16.0 Å². The average molecular weight is 310 g/mol. The van der Waals surface area contributed by atoms with Gasteiger partial charge < -0.3 is 10.0 Å². The van der Waals surface area contributed by atoms with Crippen LogP contribution in [0.25, 0.3) is 0 Å². The summed E-state index contributed by atoms with van der Waals surface area (Å²) < 4.78 is 0. The number of halogens is 1. The summed E-state index contributed by atoms with van der Waals surface area (Å²) in [6.07, 6.45) is 2.87. The maximum Gasteiger partial charge on any atom is 0.303 e. The molecule has 1 amide bonds. The van der Waals surface area contributed by atoms with Crippen LogP contribution in [-0.4, -0.2) is 35.0 Å². The molecular weight excluding hydrogens is 290 g/mol. The molecule has 21 heavy (non-hydrogen) atoms. The number of carboxylic acid groups (broad SMARTS) is 1. The largest absolute Gasteiger partial charge is 0.481 e. The van der Waals surface area contributed by atoms with E-state index in [-0.39, 0.29) is 18.2 Å². The van der Waals surface area contributed by atoms with E-state index in [1.54, 1.807) is 0 Å². The van der Waals surface area contributed by atoms with Crippen LogP contribution in [0.1, 0.15) is 31.2 Å². The number of piperidine rings is 1. The molecule has 5 heteroatoms. The smallest absolute Gasteiger partial charge is 0.303 e. The third-order valence-corrected chi connectivity index (χ3v) is 4.37. The van der Waals surface area contributed by atoms with E-state index in [1.807, 2.05) is 29.2 Å². The molecule has 1 N–H and O–H groups in total. The molecule has 4 nitrogen and oxygen atoms in total. The van der Waals surface area contributed by atoms with Crippen LogP contribution in [0.5, 0.6) is 0 Å². The number of carbonyl (C=O) groups excluding carboxylic acids is 1. The van der Waals surface area contributed by atoms with E-state index < -0.39 is 5.97 Å². The minimum atomic E-state index is -0.751. The van der Waals surface area contributed by atoms with Crippen molar-refractivity contribution in [3.05, 3.63) is 34.9 Å². The summed E-state index contributed by atoms with van der Waals surface area (Å²) in [4.78, 5) is 24.7. The second kappa shape index (κ2) is 7.46. The standard InChI is InChI=1S/C16H20ClNO3/c17-14-4-2-1-3-13(14)5-6-15(19)18-9-7-12(8-10-18)11-16(20)21/h1-4,12H,5-11H2,(H,20,21). The van der Waals surface area contributed by atoms with Crippen LogP contribution >= 0.6 is 11.6 Å². The molecule has 0 bridgehead atoms. The van der Waals surface area contributed by atoms with E-state index in [0.29, 0.717) is 31.0 Å². The van der Waals surface area contributed by atoms with Gasteiger partial charge in [0.1, 0.15) is 0 Å². The van der Waals surface area contributed by atoms with Crippen LogP contribution in [0.2, 0.25) is 5.02 Å². The van der Waals surface area contributed by atoms with Crippen molar-refractivity contribution in [1.29, 1.82) is 0 Å². The lowest BCUT2D eigenvalue weighted by atomic mass is 9.93. The van der Waals surface area contributed by atoms with E-state index in [9.17, 15) is 9.59 Å². The number of hydrogen-bond acceptors (Lipinski definition) is 2. The van der Waals surface area contributed by atoms with Crippen molar-refractivity contribution in [3.63, 3.8) is 0 Å². The molecule has 1 aliphatic heterocycles. The molecule has 0 spiro atoms. The number of amides is 1. The summed E-state index contributed by atoms with van der Waals surface area (Å²) in [6, 6.07) is 7.57. The zero-order valence-electron chi connectivity index (χ0n) is 11.9. The first-order chi connectivity index (χ1) is 10.1. The molecule has 0 saturated carbocycles. The topological polar surface area (TPSA) is 57.6 Å². The van der Waals surface area contributed by atoms with E-state index in [4.69, 9.17) is 16.7 Å². The molecule has 1 aromatic carbocycles. The van der Waals surface area contributed by atoms with Crippen molar-refractivity contribution in [3.8, 4) is 0 Å². The Bertz CT molecular complexity index is 510. The molecule has 1 aromatic rings. The molecule has 0 radical (unpaired) electrons. The van der Waals surface area contributed by atoms with Gasteiger partial charge in [-0.1, -0.05) is 29.8 Å². The molecule has 1 fully saturated rings. The SMILES string of the molecule is O=C(O)CC1CCN(C(=O)CCc2ccccc2Cl)CC1. The first-order valence-corrected chi connectivity index (χ1v) is 7.67. The predicted molar refractivity (Wildman–Crippen MR) is 81.3 cm³/mol. The highest BCUT2D eigenvalue weighted by molar-refractivity contribution is 6.31. The van der Waals surface area contributed by atoms with Crippen molar-refractivity contribution in [2.45, 2.75) is 32.1 Å². The number of aryl methyl sites for hydroxylation is 1. The third-order valence-electron chi connectivity index (χ3n) is 4.00. The van der Waals surface area contributed by atoms with Gasteiger partial charge in [-0.3, -0.25) is 9.59 Å². The predicted octanol–water partition coefficient (Wildman–Crippen LogP) is 2.99. The fourth-order valence-electron chi connectivity index (χ4n) is 2.73. The maximum atomic E-state index is 12.2. The van der Waals surface area contributed by atoms with Gasteiger partial charge in [-0.15, -0.1) is 0 Å². The van der Waals surface area contributed by atoms with E-state index >= 15 is 0 Å². The Morgan fingerprint density at radius 2 is 1.90 bits per heavy atom. The highest BCUT2D eigenvalue weighted by atomic mass is 35.5. The summed E-state index contributed by atoms with van der Waals surface area (Å²) in [5.74, 6) is -0.419. The highest BCUT2D eigenvalue weighted by Crippen LogP contribution is 2.22. The number of benzene rings is 1. The second-order valence-corrected chi connectivity index (χ2v) is 5.92. The van der Waals surface area contributed by atoms with Gasteiger partial charge in [0, 0.05) is 31.0 Å². The first-order valence-electron chi connectivity index (χ1n) is 7.29. The molecule has 1 heterocycles. The molecule has 114 valence electrons. The number of carboxylic acids is 1. The molecule has 1 aliphatic rings. The lowest BCUT2D eigenvalue weighted by Crippen LogP contribution is -2.39. The fourth-order valence-corrected chi connectivity index (χ4v) is 2.96. The van der Waals surface area contributed by atoms with Crippen molar-refractivity contribution < 1.29 is 14.7 Å². The van der Waals surface area contributed by atoms with Crippen LogP contribution in [0.15, 0.2) is 24.3 Å². The van der Waals surface area contributed by atoms with Crippen LogP contribution in [0.4, 0.5) is 0 Å². The Labute approximate surface area is 129 Å². The molecule has 0 unspecified atom stereocenters. The van der Waals surface area contributed by atoms with Crippen molar-refractivity contribution in [2.24, 2.45) is 5.92 Å². The van der Waals surface area contributed by atoms with Gasteiger partial charge in [0.2, 0.25) is 5.91 Å². The molecular formula is C16H20ClNO3. The Morgan fingerprint density at radius 3 is 2.52 bits per heavy atom. The lowest BCUT2D eigenvalue weighted by Gasteiger charge is -2.31. The van der Waals surface area contributed by atoms with Gasteiger partial charge in [0.15, 0.2) is 0 Å². The first kappa shape index (κ1) is 15.8. The van der Waals surface area contributed by atoms with Gasteiger partial charge >= 0.3 is 5.97 Å². The van der Waals surface area contributed by atoms with Crippen molar-refractivity contribution in [1.82, 2.24) is 4.90 Å². The number of hydrogen-bond donors (Lipinski definition) is 1. The summed E-state index contributed by atoms with van der Waals surface area (Å²) in [5.41, 5.74) is 0.994. The summed E-state index contributed by atoms with van der Waals surface area (Å²) >= 11 is 6.08. The number of nitrogens with zero attached hydrogens (tertiary/aromatic N) is 1. The summed E-state index contributed by atoms with van der Waals surface area (Å²) in [7, 11) is 0. The van der Waals surface area contributed by atoms with Gasteiger partial charge in [0.05, 0.1) is 0 Å². The summed E-state index contributed by atoms with van der Waals surface area (Å²) in [6.45, 7) is 1.33. The zero-order chi connectivity index (χ0) is 15.2. The Kier molecular flexibility index (Phi) is 5.62. The Hall–Kier alpha value is -1.55. The van der Waals surface area contributed by atoms with Crippen LogP contribution < -0.4 is 0 Å². The van der Waals surface area contributed by atoms with E-state index in [2.05, 4.69) is 0 Å². The number of likely N-dealkylation sites (tertiary alicyclic amines) is 1. The van der Waals surface area contributed by atoms with E-state index in [1.165, 1.54) is 0 Å². The maximum absolute atomic E-state index is 12.2. The Balaban J connectivity index is 1.77. The fraction of sp³-hybridized carbons (Fsp3) is 0.500. The highest BCUT2D eigenvalue weighted by Gasteiger charge is 2.24. The van der Waals surface area contributed by atoms with Crippen molar-refractivity contribution >= 4 is 23.5 Å². The molecule has 0 aromatic heterocycles. The van der Waals surface area contributed by atoms with E-state index in [0.717, 1.165) is 18.4 Å². The molecule has 2 rings (SSSR count). The zero-order valence-corrected chi connectivity index (χ0v) is 12.7.